The van der Waals surface area contributed by atoms with E-state index in [0.29, 0.717) is 0 Å². The zero-order valence-electron chi connectivity index (χ0n) is 26.0. The summed E-state index contributed by atoms with van der Waals surface area (Å²) < 4.78 is 33.9. The van der Waals surface area contributed by atoms with Crippen LogP contribution in [0.15, 0.2) is 182 Å². The van der Waals surface area contributed by atoms with E-state index in [-0.39, 0.29) is 28.0 Å². The maximum absolute atomic E-state index is 11.3. The maximum Gasteiger partial charge on any atom is 0.445 e. The smallest absolute Gasteiger partial charge is 0.357 e. The quantitative estimate of drug-likeness (QED) is 0.0752. The molecule has 1 unspecified atom stereocenters. The first kappa shape index (κ1) is 39.0. The van der Waals surface area contributed by atoms with Crippen LogP contribution in [-0.4, -0.2) is 22.3 Å². The number of hydrogen-bond acceptors (Lipinski definition) is 3. The molecule has 0 bridgehead atoms. The number of alkyl halides is 3. The summed E-state index contributed by atoms with van der Waals surface area (Å²) in [5.74, 6) is -3.47. The van der Waals surface area contributed by atoms with Crippen molar-refractivity contribution in [3.63, 3.8) is 0 Å². The molecule has 0 aliphatic rings. The van der Waals surface area contributed by atoms with Gasteiger partial charge in [0, 0.05) is 28.0 Å². The first-order valence-electron chi connectivity index (χ1n) is 14.7. The van der Waals surface area contributed by atoms with E-state index in [4.69, 9.17) is 10.4 Å². The third-order valence-electron chi connectivity index (χ3n) is 6.79. The Balaban J connectivity index is 0.000000207. The van der Waals surface area contributed by atoms with E-state index in [1.807, 2.05) is 0 Å². The summed E-state index contributed by atoms with van der Waals surface area (Å²) in [5, 5.41) is 23.9. The van der Waals surface area contributed by atoms with Gasteiger partial charge in [0.2, 0.25) is 0 Å². The van der Waals surface area contributed by atoms with Crippen molar-refractivity contribution in [2.45, 2.75) is 18.9 Å². The van der Waals surface area contributed by atoms with Gasteiger partial charge in [0.1, 0.15) is 0 Å². The molecule has 0 radical (unpaired) electrons. The fourth-order valence-electron chi connectivity index (χ4n) is 4.41. The van der Waals surface area contributed by atoms with E-state index in [1.165, 1.54) is 31.8 Å². The van der Waals surface area contributed by atoms with Crippen LogP contribution in [0, 0.1) is 0 Å². The number of halogens is 3. The molecule has 0 aromatic heterocycles. The van der Waals surface area contributed by atoms with Crippen LogP contribution in [0.2, 0.25) is 0 Å². The van der Waals surface area contributed by atoms with E-state index >= 15 is 0 Å². The Morgan fingerprint density at radius 2 is 0.583 bits per heavy atom. The third kappa shape index (κ3) is 11.3. The van der Waals surface area contributed by atoms with Crippen LogP contribution in [0.1, 0.15) is 6.92 Å². The molecule has 0 aliphatic heterocycles. The first-order valence-corrected chi connectivity index (χ1v) is 17.4. The molecule has 1 atom stereocenters. The van der Waals surface area contributed by atoms with E-state index in [2.05, 4.69) is 187 Å². The summed E-state index contributed by atoms with van der Waals surface area (Å²) in [7, 11) is -0.892. The van der Waals surface area contributed by atoms with Gasteiger partial charge in [-0.05, 0) is 47.7 Å². The summed E-state index contributed by atoms with van der Waals surface area (Å²) in [4.78, 5) is 2.73. The molecule has 6 aromatic carbocycles. The Bertz CT molecular complexity index is 1410. The summed E-state index contributed by atoms with van der Waals surface area (Å²) in [6.45, 7) is 0.285. The van der Waals surface area contributed by atoms with E-state index in [9.17, 15) is 13.2 Å². The fraction of sp³-hybridized carbons (Fsp3) is 0.0769. The van der Waals surface area contributed by atoms with Crippen LogP contribution in [0.4, 0.5) is 13.2 Å². The van der Waals surface area contributed by atoms with Crippen LogP contribution in [0.25, 0.3) is 0 Å². The van der Waals surface area contributed by atoms with Gasteiger partial charge in [-0.15, -0.1) is 0 Å². The van der Waals surface area contributed by atoms with Gasteiger partial charge in [-0.25, -0.2) is 5.26 Å². The fourth-order valence-corrected chi connectivity index (χ4v) is 9.02. The van der Waals surface area contributed by atoms with Crippen molar-refractivity contribution in [3.8, 4) is 0 Å². The van der Waals surface area contributed by atoms with Gasteiger partial charge in [0.05, 0.1) is 0 Å². The number of aliphatic hydroxyl groups is 1. The molecule has 0 saturated heterocycles. The largest absolute Gasteiger partial charge is 0.445 e. The van der Waals surface area contributed by atoms with Gasteiger partial charge in [-0.3, -0.25) is 0 Å². The van der Waals surface area contributed by atoms with Crippen LogP contribution in [-0.2, 0) is 26.0 Å². The minimum absolute atomic E-state index is 0. The molecule has 0 heterocycles. The van der Waals surface area contributed by atoms with Crippen molar-refractivity contribution < 1.29 is 49.5 Å². The normalized spacial score (nSPS) is 12.0. The topological polar surface area (TPSA) is 49.7 Å². The second kappa shape index (κ2) is 19.5. The van der Waals surface area contributed by atoms with Crippen molar-refractivity contribution in [2.75, 3.05) is 0 Å². The van der Waals surface area contributed by atoms with E-state index < -0.39 is 27.8 Å². The second-order valence-corrected chi connectivity index (χ2v) is 14.7. The standard InChI is InChI=1S/2C18H15P.C3H5F3O3.Pt/c2*1-4-10-16(11-5-1)19(17-12-6-2-7-13-17)18-14-8-3-9-15-18;1-2(7,9-8)3(4,5)6;/h2*1-15H;7-8H,1H3;. The van der Waals surface area contributed by atoms with Crippen LogP contribution >= 0.6 is 15.8 Å². The van der Waals surface area contributed by atoms with Gasteiger partial charge < -0.3 is 5.11 Å². The van der Waals surface area contributed by atoms with Gasteiger partial charge >= 0.3 is 6.18 Å². The number of hydrogen-bond donors (Lipinski definition) is 2. The zero-order valence-corrected chi connectivity index (χ0v) is 30.0. The third-order valence-corrected chi connectivity index (χ3v) is 11.7. The number of rotatable bonds is 7. The molecular weight excluding hydrogens is 830 g/mol. The van der Waals surface area contributed by atoms with Crippen LogP contribution in [0.3, 0.4) is 0 Å². The summed E-state index contributed by atoms with van der Waals surface area (Å²) >= 11 is 0. The molecule has 9 heteroatoms. The van der Waals surface area contributed by atoms with Crippen molar-refractivity contribution in [1.82, 2.24) is 0 Å². The molecule has 6 aromatic rings. The Labute approximate surface area is 296 Å². The summed E-state index contributed by atoms with van der Waals surface area (Å²) in [6.07, 6.45) is -4.97. The van der Waals surface area contributed by atoms with E-state index in [1.54, 1.807) is 0 Å². The van der Waals surface area contributed by atoms with Crippen molar-refractivity contribution in [3.05, 3.63) is 182 Å². The summed E-state index contributed by atoms with van der Waals surface area (Å²) in [6, 6.07) is 64.7. The first-order chi connectivity index (χ1) is 22.7. The van der Waals surface area contributed by atoms with Crippen LogP contribution in [0.5, 0.6) is 0 Å². The monoisotopic (exact) mass is 865 g/mol. The summed E-state index contributed by atoms with van der Waals surface area (Å²) in [5.41, 5.74) is 0. The zero-order chi connectivity index (χ0) is 33.5. The molecule has 48 heavy (non-hydrogen) atoms. The maximum atomic E-state index is 11.3. The molecule has 0 spiro atoms. The minimum Gasteiger partial charge on any atom is -0.357 e. The second-order valence-electron chi connectivity index (χ2n) is 10.3. The van der Waals surface area contributed by atoms with Crippen molar-refractivity contribution in [2.24, 2.45) is 0 Å². The van der Waals surface area contributed by atoms with Crippen molar-refractivity contribution >= 4 is 47.7 Å². The molecule has 3 nitrogen and oxygen atoms in total. The Morgan fingerprint density at radius 3 is 0.688 bits per heavy atom. The Morgan fingerprint density at radius 1 is 0.417 bits per heavy atom. The van der Waals surface area contributed by atoms with E-state index in [0.717, 1.165) is 0 Å². The Hall–Kier alpha value is -3.46. The minimum atomic E-state index is -4.97. The predicted molar refractivity (Wildman–Crippen MR) is 191 cm³/mol. The number of benzene rings is 6. The molecule has 0 aliphatic carbocycles. The Kier molecular flexibility index (Phi) is 15.8. The molecule has 0 fully saturated rings. The predicted octanol–water partition coefficient (Wildman–Crippen LogP) is 7.63. The molecule has 6 rings (SSSR count). The van der Waals surface area contributed by atoms with Gasteiger partial charge in [0.25, 0.3) is 5.79 Å². The average molecular weight is 866 g/mol. The molecule has 0 saturated carbocycles. The molecule has 250 valence electrons. The van der Waals surface area contributed by atoms with Crippen molar-refractivity contribution in [1.29, 1.82) is 0 Å². The van der Waals surface area contributed by atoms with Gasteiger partial charge in [-0.1, -0.05) is 182 Å². The average Bonchev–Trinajstić information content (AvgIpc) is 3.11. The SMILES string of the molecule is CC(O)(OO)C(F)(F)F.[Pt].c1ccc(P(c2ccccc2)c2ccccc2)cc1.c1ccc(P(c2ccccc2)c2ccccc2)cc1. The molecule has 0 amide bonds. The molecule has 2 N–H and O–H groups in total. The van der Waals surface area contributed by atoms with Gasteiger partial charge in [0.15, 0.2) is 0 Å². The van der Waals surface area contributed by atoms with Crippen LogP contribution < -0.4 is 31.8 Å². The van der Waals surface area contributed by atoms with Gasteiger partial charge in [-0.2, -0.15) is 18.1 Å². The molecular formula is C39H35F3O3P2Pt.